The summed E-state index contributed by atoms with van der Waals surface area (Å²) >= 11 is 0. The molecule has 0 unspecified atom stereocenters. The van der Waals surface area contributed by atoms with E-state index in [-0.39, 0.29) is 13.2 Å². The molecule has 2 aliphatic heterocycles. The number of benzene rings is 2. The van der Waals surface area contributed by atoms with Gasteiger partial charge in [0.05, 0.1) is 11.2 Å². The monoisotopic (exact) mass is 477 g/mol. The van der Waals surface area contributed by atoms with E-state index in [1.807, 2.05) is 64.1 Å². The molecule has 2 heterocycles. The smallest absolute Gasteiger partial charge is 0.445 e. The second-order valence-electron chi connectivity index (χ2n) is 10.1. The van der Waals surface area contributed by atoms with Crippen LogP contribution in [0, 0.1) is 0 Å². The van der Waals surface area contributed by atoms with Crippen molar-refractivity contribution in [2.75, 3.05) is 37.6 Å². The summed E-state index contributed by atoms with van der Waals surface area (Å²) in [7, 11) is -0.567. The Hall–Kier alpha value is -2.81. The number of ether oxygens (including phenoxy) is 1. The molecule has 7 nitrogen and oxygen atoms in total. The molecule has 0 aliphatic carbocycles. The molecule has 2 saturated heterocycles. The standard InChI is InChI=1S/C27H36BN3O4/c1-26(2)27(3,4)35-28(34-26)23(19-30-25(32)33-20-22-8-6-5-7-9-22)18-21-10-12-24(13-11-21)31-16-14-29-15-17-31/h5-13,18,29H,14-17,19-20H2,1-4H3,(H,30,32). The summed E-state index contributed by atoms with van der Waals surface area (Å²) in [6.45, 7) is 12.6. The van der Waals surface area contributed by atoms with E-state index in [4.69, 9.17) is 14.0 Å². The van der Waals surface area contributed by atoms with Crippen LogP contribution in [0.25, 0.3) is 6.08 Å². The molecule has 2 aromatic rings. The average Bonchev–Trinajstić information content (AvgIpc) is 3.08. The van der Waals surface area contributed by atoms with E-state index in [1.54, 1.807) is 0 Å². The first-order valence-electron chi connectivity index (χ1n) is 12.3. The van der Waals surface area contributed by atoms with Gasteiger partial charge in [0.25, 0.3) is 0 Å². The highest BCUT2D eigenvalue weighted by Gasteiger charge is 2.52. The van der Waals surface area contributed by atoms with Gasteiger partial charge in [0.15, 0.2) is 0 Å². The third-order valence-electron chi connectivity index (χ3n) is 6.93. The molecule has 0 aromatic heterocycles. The molecule has 0 saturated carbocycles. The van der Waals surface area contributed by atoms with E-state index in [9.17, 15) is 4.79 Å². The van der Waals surface area contributed by atoms with Gasteiger partial charge in [-0.15, -0.1) is 0 Å². The van der Waals surface area contributed by atoms with E-state index in [1.165, 1.54) is 5.69 Å². The van der Waals surface area contributed by atoms with Crippen LogP contribution in [0.3, 0.4) is 0 Å². The number of carbonyl (C=O) groups excluding carboxylic acids is 1. The van der Waals surface area contributed by atoms with Crippen LogP contribution >= 0.6 is 0 Å². The largest absolute Gasteiger partial charge is 0.492 e. The van der Waals surface area contributed by atoms with Crippen molar-refractivity contribution in [1.29, 1.82) is 0 Å². The molecule has 186 valence electrons. The Morgan fingerprint density at radius 1 is 1.03 bits per heavy atom. The van der Waals surface area contributed by atoms with E-state index in [0.29, 0.717) is 0 Å². The number of hydrogen-bond acceptors (Lipinski definition) is 6. The van der Waals surface area contributed by atoms with Gasteiger partial charge < -0.3 is 29.6 Å². The van der Waals surface area contributed by atoms with Crippen molar-refractivity contribution >= 4 is 25.0 Å². The lowest BCUT2D eigenvalue weighted by molar-refractivity contribution is 0.00578. The Kier molecular flexibility index (Phi) is 7.84. The molecule has 2 N–H and O–H groups in total. The zero-order valence-electron chi connectivity index (χ0n) is 21.2. The Balaban J connectivity index is 1.46. The maximum Gasteiger partial charge on any atom is 0.492 e. The molecule has 0 radical (unpaired) electrons. The first kappa shape index (κ1) is 25.3. The minimum absolute atomic E-state index is 0.218. The van der Waals surface area contributed by atoms with E-state index < -0.39 is 24.4 Å². The molecular weight excluding hydrogens is 441 g/mol. The summed E-state index contributed by atoms with van der Waals surface area (Å²) in [5, 5.41) is 6.25. The predicted octanol–water partition coefficient (Wildman–Crippen LogP) is 4.04. The summed E-state index contributed by atoms with van der Waals surface area (Å²) in [5.74, 6) is 0. The highest BCUT2D eigenvalue weighted by atomic mass is 16.7. The minimum Gasteiger partial charge on any atom is -0.445 e. The quantitative estimate of drug-likeness (QED) is 0.587. The van der Waals surface area contributed by atoms with Gasteiger partial charge in [0.2, 0.25) is 0 Å². The highest BCUT2D eigenvalue weighted by molar-refractivity contribution is 6.56. The molecule has 0 atom stereocenters. The lowest BCUT2D eigenvalue weighted by Crippen LogP contribution is -2.43. The van der Waals surface area contributed by atoms with Crippen molar-refractivity contribution in [2.45, 2.75) is 45.5 Å². The first-order valence-corrected chi connectivity index (χ1v) is 12.3. The Bertz CT molecular complexity index is 1000. The van der Waals surface area contributed by atoms with Crippen LogP contribution in [-0.4, -0.2) is 57.1 Å². The van der Waals surface area contributed by atoms with Gasteiger partial charge >= 0.3 is 13.2 Å². The van der Waals surface area contributed by atoms with Gasteiger partial charge in [-0.25, -0.2) is 4.79 Å². The number of piperazine rings is 1. The highest BCUT2D eigenvalue weighted by Crippen LogP contribution is 2.38. The van der Waals surface area contributed by atoms with E-state index in [2.05, 4.69) is 39.8 Å². The molecular formula is C27H36BN3O4. The van der Waals surface area contributed by atoms with Gasteiger partial charge in [-0.1, -0.05) is 48.5 Å². The lowest BCUT2D eigenvalue weighted by atomic mass is 9.77. The minimum atomic E-state index is -0.567. The average molecular weight is 477 g/mol. The Morgan fingerprint density at radius 3 is 2.29 bits per heavy atom. The second kappa shape index (κ2) is 10.9. The molecule has 1 amide bonds. The zero-order valence-corrected chi connectivity index (χ0v) is 21.2. The predicted molar refractivity (Wildman–Crippen MR) is 140 cm³/mol. The van der Waals surface area contributed by atoms with Crippen LogP contribution < -0.4 is 15.5 Å². The second-order valence-corrected chi connectivity index (χ2v) is 10.1. The zero-order chi connectivity index (χ0) is 24.9. The van der Waals surface area contributed by atoms with Crippen LogP contribution in [0.5, 0.6) is 0 Å². The lowest BCUT2D eigenvalue weighted by Gasteiger charge is -2.32. The molecule has 35 heavy (non-hydrogen) atoms. The maximum atomic E-state index is 12.4. The van der Waals surface area contributed by atoms with Crippen LogP contribution in [0.1, 0.15) is 38.8 Å². The SMILES string of the molecule is CC1(C)OB(C(=Cc2ccc(N3CCNCC3)cc2)CNC(=O)OCc2ccccc2)OC1(C)C. The molecule has 2 aliphatic rings. The molecule has 4 rings (SSSR count). The first-order chi connectivity index (χ1) is 16.7. The summed E-state index contributed by atoms with van der Waals surface area (Å²) in [6.07, 6.45) is 1.55. The number of alkyl carbamates (subject to hydrolysis) is 1. The number of anilines is 1. The number of amides is 1. The van der Waals surface area contributed by atoms with Crippen molar-refractivity contribution in [2.24, 2.45) is 0 Å². The normalized spacial score (nSPS) is 19.5. The number of carbonyl (C=O) groups is 1. The third kappa shape index (κ3) is 6.45. The van der Waals surface area contributed by atoms with E-state index in [0.717, 1.165) is 42.8 Å². The van der Waals surface area contributed by atoms with Crippen molar-refractivity contribution in [3.8, 4) is 0 Å². The van der Waals surface area contributed by atoms with Crippen LogP contribution in [0.4, 0.5) is 10.5 Å². The van der Waals surface area contributed by atoms with E-state index >= 15 is 0 Å². The van der Waals surface area contributed by atoms with Crippen molar-refractivity contribution in [3.05, 3.63) is 71.2 Å². The number of nitrogens with one attached hydrogen (secondary N) is 2. The number of hydrogen-bond donors (Lipinski definition) is 2. The summed E-state index contributed by atoms with van der Waals surface area (Å²) < 4.78 is 17.9. The van der Waals surface area contributed by atoms with Crippen molar-refractivity contribution in [3.63, 3.8) is 0 Å². The maximum absolute atomic E-state index is 12.4. The number of rotatable bonds is 7. The Morgan fingerprint density at radius 2 is 1.66 bits per heavy atom. The summed E-state index contributed by atoms with van der Waals surface area (Å²) in [4.78, 5) is 14.8. The number of nitrogens with zero attached hydrogens (tertiary/aromatic N) is 1. The fourth-order valence-corrected chi connectivity index (χ4v) is 4.06. The van der Waals surface area contributed by atoms with Crippen molar-refractivity contribution < 1.29 is 18.8 Å². The van der Waals surface area contributed by atoms with Gasteiger partial charge in [0, 0.05) is 38.4 Å². The topological polar surface area (TPSA) is 72.1 Å². The third-order valence-corrected chi connectivity index (χ3v) is 6.93. The fourth-order valence-electron chi connectivity index (χ4n) is 4.06. The van der Waals surface area contributed by atoms with Gasteiger partial charge in [0.1, 0.15) is 6.61 Å². The van der Waals surface area contributed by atoms with Crippen LogP contribution in [0.15, 0.2) is 60.1 Å². The Labute approximate surface area is 209 Å². The van der Waals surface area contributed by atoms with Gasteiger partial charge in [-0.2, -0.15) is 0 Å². The van der Waals surface area contributed by atoms with Gasteiger partial charge in [-0.3, -0.25) is 0 Å². The molecule has 0 spiro atoms. The molecule has 8 heteroatoms. The van der Waals surface area contributed by atoms with Crippen LogP contribution in [-0.2, 0) is 20.7 Å². The molecule has 2 fully saturated rings. The molecule has 0 bridgehead atoms. The van der Waals surface area contributed by atoms with Gasteiger partial charge in [-0.05, 0) is 56.4 Å². The molecule has 2 aromatic carbocycles. The summed E-state index contributed by atoms with van der Waals surface area (Å²) in [5.41, 5.74) is 3.05. The van der Waals surface area contributed by atoms with Crippen LogP contribution in [0.2, 0.25) is 0 Å². The van der Waals surface area contributed by atoms with Crippen molar-refractivity contribution in [1.82, 2.24) is 10.6 Å². The fraction of sp³-hybridized carbons (Fsp3) is 0.444. The summed E-state index contributed by atoms with van der Waals surface area (Å²) in [6, 6.07) is 18.1.